The van der Waals surface area contributed by atoms with Gasteiger partial charge in [-0.2, -0.15) is 0 Å². The Kier molecular flexibility index (Phi) is 6.15. The number of aromatic nitrogens is 1. The van der Waals surface area contributed by atoms with E-state index in [1.807, 2.05) is 43.3 Å². The molecule has 4 nitrogen and oxygen atoms in total. The van der Waals surface area contributed by atoms with Crippen molar-refractivity contribution in [3.8, 4) is 0 Å². The first-order chi connectivity index (χ1) is 13.1. The summed E-state index contributed by atoms with van der Waals surface area (Å²) in [5, 5.41) is 6.13. The highest BCUT2D eigenvalue weighted by Gasteiger charge is 2.12. The van der Waals surface area contributed by atoms with Crippen molar-refractivity contribution in [2.24, 2.45) is 0 Å². The molecule has 2 N–H and O–H groups in total. The van der Waals surface area contributed by atoms with Gasteiger partial charge in [-0.05, 0) is 42.7 Å². The van der Waals surface area contributed by atoms with Crippen LogP contribution in [0.1, 0.15) is 34.5 Å². The van der Waals surface area contributed by atoms with Crippen molar-refractivity contribution < 1.29 is 9.18 Å². The average Bonchev–Trinajstić information content (AvgIpc) is 2.70. The first kappa shape index (κ1) is 18.6. The molecule has 0 saturated carbocycles. The third kappa shape index (κ3) is 5.14. The number of rotatable bonds is 7. The van der Waals surface area contributed by atoms with Crippen LogP contribution in [0.25, 0.3) is 0 Å². The zero-order chi connectivity index (χ0) is 19.1. The third-order valence-corrected chi connectivity index (χ3v) is 4.33. The summed E-state index contributed by atoms with van der Waals surface area (Å²) in [4.78, 5) is 16.7. The predicted molar refractivity (Wildman–Crippen MR) is 105 cm³/mol. The van der Waals surface area contributed by atoms with Gasteiger partial charge in [-0.15, -0.1) is 0 Å². The highest BCUT2D eigenvalue weighted by Crippen LogP contribution is 2.14. The lowest BCUT2D eigenvalue weighted by molar-refractivity contribution is 0.0940. The Labute approximate surface area is 158 Å². The van der Waals surface area contributed by atoms with Crippen LogP contribution in [0.3, 0.4) is 0 Å². The maximum Gasteiger partial charge on any atom is 0.251 e. The van der Waals surface area contributed by atoms with Gasteiger partial charge in [0.05, 0.1) is 6.04 Å². The Balaban J connectivity index is 1.58. The standard InChI is InChI=1S/C22H22FN3O/c1-16(17-7-3-2-4-8-17)26-22(27)19-12-14-25-21(15-19)24-13-11-18-9-5-6-10-20(18)23/h2-10,12,14-16H,11,13H2,1H3,(H,24,25)(H,26,27). The molecular weight excluding hydrogens is 341 g/mol. The minimum atomic E-state index is -0.213. The minimum absolute atomic E-state index is 0.0932. The van der Waals surface area contributed by atoms with Gasteiger partial charge in [-0.3, -0.25) is 4.79 Å². The van der Waals surface area contributed by atoms with Gasteiger partial charge < -0.3 is 10.6 Å². The number of nitrogens with zero attached hydrogens (tertiary/aromatic N) is 1. The topological polar surface area (TPSA) is 54.0 Å². The van der Waals surface area contributed by atoms with Crippen LogP contribution in [0.15, 0.2) is 72.9 Å². The van der Waals surface area contributed by atoms with E-state index in [0.717, 1.165) is 5.56 Å². The summed E-state index contributed by atoms with van der Waals surface area (Å²) in [6.07, 6.45) is 2.13. The molecule has 1 heterocycles. The second-order valence-electron chi connectivity index (χ2n) is 6.30. The molecule has 0 aliphatic carbocycles. The van der Waals surface area contributed by atoms with Gasteiger partial charge in [-0.25, -0.2) is 9.37 Å². The van der Waals surface area contributed by atoms with Gasteiger partial charge in [0.2, 0.25) is 0 Å². The summed E-state index contributed by atoms with van der Waals surface area (Å²) in [7, 11) is 0. The average molecular weight is 363 g/mol. The highest BCUT2D eigenvalue weighted by molar-refractivity contribution is 5.95. The predicted octanol–water partition coefficient (Wildman–Crippen LogP) is 4.37. The number of anilines is 1. The molecule has 1 aromatic heterocycles. The number of benzene rings is 2. The summed E-state index contributed by atoms with van der Waals surface area (Å²) in [5.41, 5.74) is 2.22. The van der Waals surface area contributed by atoms with Crippen LogP contribution in [0, 0.1) is 5.82 Å². The van der Waals surface area contributed by atoms with Gasteiger partial charge in [0.25, 0.3) is 5.91 Å². The van der Waals surface area contributed by atoms with Crippen LogP contribution in [-0.2, 0) is 6.42 Å². The van der Waals surface area contributed by atoms with E-state index in [1.54, 1.807) is 30.5 Å². The fourth-order valence-corrected chi connectivity index (χ4v) is 2.80. The number of halogens is 1. The van der Waals surface area contributed by atoms with Crippen molar-refractivity contribution in [3.05, 3.63) is 95.4 Å². The van der Waals surface area contributed by atoms with E-state index in [0.29, 0.717) is 29.9 Å². The first-order valence-electron chi connectivity index (χ1n) is 8.92. The first-order valence-corrected chi connectivity index (χ1v) is 8.92. The Bertz CT molecular complexity index is 899. The molecule has 1 amide bonds. The Morgan fingerprint density at radius 2 is 1.81 bits per heavy atom. The number of hydrogen-bond acceptors (Lipinski definition) is 3. The zero-order valence-electron chi connectivity index (χ0n) is 15.2. The quantitative estimate of drug-likeness (QED) is 0.655. The Hall–Kier alpha value is -3.21. The Morgan fingerprint density at radius 3 is 2.59 bits per heavy atom. The highest BCUT2D eigenvalue weighted by atomic mass is 19.1. The van der Waals surface area contributed by atoms with Crippen molar-refractivity contribution in [2.45, 2.75) is 19.4 Å². The van der Waals surface area contributed by atoms with Gasteiger partial charge >= 0.3 is 0 Å². The van der Waals surface area contributed by atoms with Crippen molar-refractivity contribution >= 4 is 11.7 Å². The maximum atomic E-state index is 13.7. The van der Waals surface area contributed by atoms with Crippen molar-refractivity contribution in [3.63, 3.8) is 0 Å². The molecule has 2 aromatic carbocycles. The van der Waals surface area contributed by atoms with Crippen molar-refractivity contribution in [1.82, 2.24) is 10.3 Å². The lowest BCUT2D eigenvalue weighted by Gasteiger charge is -2.14. The number of carbonyl (C=O) groups is 1. The smallest absolute Gasteiger partial charge is 0.251 e. The second-order valence-corrected chi connectivity index (χ2v) is 6.30. The van der Waals surface area contributed by atoms with Crippen LogP contribution in [-0.4, -0.2) is 17.4 Å². The lowest BCUT2D eigenvalue weighted by Crippen LogP contribution is -2.26. The number of amides is 1. The molecule has 138 valence electrons. The van der Waals surface area contributed by atoms with Crippen LogP contribution in [0.2, 0.25) is 0 Å². The molecule has 0 aliphatic heterocycles. The summed E-state index contributed by atoms with van der Waals surface area (Å²) < 4.78 is 13.7. The molecule has 0 saturated heterocycles. The van der Waals surface area contributed by atoms with Gasteiger partial charge in [0, 0.05) is 18.3 Å². The van der Waals surface area contributed by atoms with Crippen LogP contribution in [0.5, 0.6) is 0 Å². The molecular formula is C22H22FN3O. The summed E-state index contributed by atoms with van der Waals surface area (Å²) in [6.45, 7) is 2.47. The molecule has 0 aliphatic rings. The number of carbonyl (C=O) groups excluding carboxylic acids is 1. The normalized spacial score (nSPS) is 11.6. The van der Waals surface area contributed by atoms with E-state index in [4.69, 9.17) is 0 Å². The summed E-state index contributed by atoms with van der Waals surface area (Å²) in [5.74, 6) is 0.215. The maximum absolute atomic E-state index is 13.7. The van der Waals surface area contributed by atoms with E-state index in [2.05, 4.69) is 15.6 Å². The lowest BCUT2D eigenvalue weighted by atomic mass is 10.1. The molecule has 0 bridgehead atoms. The molecule has 3 aromatic rings. The molecule has 0 spiro atoms. The molecule has 3 rings (SSSR count). The van der Waals surface area contributed by atoms with Crippen molar-refractivity contribution in [2.75, 3.05) is 11.9 Å². The SMILES string of the molecule is CC(NC(=O)c1ccnc(NCCc2ccccc2F)c1)c1ccccc1. The number of nitrogens with one attached hydrogen (secondary N) is 2. The van der Waals surface area contributed by atoms with Gasteiger partial charge in [-0.1, -0.05) is 48.5 Å². The van der Waals surface area contributed by atoms with Gasteiger partial charge in [0.15, 0.2) is 0 Å². The molecule has 0 fully saturated rings. The molecule has 0 radical (unpaired) electrons. The summed E-state index contributed by atoms with van der Waals surface area (Å²) in [6, 6.07) is 19.8. The van der Waals surface area contributed by atoms with E-state index in [9.17, 15) is 9.18 Å². The second kappa shape index (κ2) is 8.94. The fourth-order valence-electron chi connectivity index (χ4n) is 2.80. The van der Waals surface area contributed by atoms with Crippen LogP contribution < -0.4 is 10.6 Å². The van der Waals surface area contributed by atoms with E-state index in [-0.39, 0.29) is 17.8 Å². The molecule has 5 heteroatoms. The molecule has 1 atom stereocenters. The Morgan fingerprint density at radius 1 is 1.07 bits per heavy atom. The monoisotopic (exact) mass is 363 g/mol. The van der Waals surface area contributed by atoms with Crippen LogP contribution in [0.4, 0.5) is 10.2 Å². The zero-order valence-corrected chi connectivity index (χ0v) is 15.2. The largest absolute Gasteiger partial charge is 0.370 e. The molecule has 1 unspecified atom stereocenters. The van der Waals surface area contributed by atoms with Crippen molar-refractivity contribution in [1.29, 1.82) is 0 Å². The van der Waals surface area contributed by atoms with E-state index in [1.165, 1.54) is 6.07 Å². The number of pyridine rings is 1. The van der Waals surface area contributed by atoms with E-state index < -0.39 is 0 Å². The number of hydrogen-bond donors (Lipinski definition) is 2. The summed E-state index contributed by atoms with van der Waals surface area (Å²) >= 11 is 0. The fraction of sp³-hybridized carbons (Fsp3) is 0.182. The van der Waals surface area contributed by atoms with Gasteiger partial charge in [0.1, 0.15) is 11.6 Å². The third-order valence-electron chi connectivity index (χ3n) is 4.33. The minimum Gasteiger partial charge on any atom is -0.370 e. The molecule has 27 heavy (non-hydrogen) atoms. The van der Waals surface area contributed by atoms with E-state index >= 15 is 0 Å². The van der Waals surface area contributed by atoms with Crippen LogP contribution >= 0.6 is 0 Å².